The van der Waals surface area contributed by atoms with E-state index < -0.39 is 0 Å². The average molecular weight is 165 g/mol. The molecule has 66 valence electrons. The highest BCUT2D eigenvalue weighted by molar-refractivity contribution is 5.40. The molecule has 0 heterocycles. The van der Waals surface area contributed by atoms with Crippen LogP contribution in [0, 0.1) is 10.8 Å². The molecular formula is C10H15NO. The fourth-order valence-corrected chi connectivity index (χ4v) is 1.67. The number of rotatable bonds is 3. The van der Waals surface area contributed by atoms with Crippen LogP contribution in [0.5, 0.6) is 0 Å². The zero-order valence-electron chi connectivity index (χ0n) is 7.76. The van der Waals surface area contributed by atoms with Gasteiger partial charge in [-0.05, 0) is 41.5 Å². The summed E-state index contributed by atoms with van der Waals surface area (Å²) in [5.74, 6) is 0.438. The molecular weight excluding hydrogens is 150 g/mol. The monoisotopic (exact) mass is 165 g/mol. The highest BCUT2D eigenvalue weighted by Gasteiger charge is 2.22. The Labute approximate surface area is 73.3 Å². The molecule has 0 aliphatic heterocycles. The molecule has 0 fully saturated rings. The summed E-state index contributed by atoms with van der Waals surface area (Å²) in [6.07, 6.45) is 2.76. The van der Waals surface area contributed by atoms with Crippen LogP contribution < -0.4 is 0 Å². The summed E-state index contributed by atoms with van der Waals surface area (Å²) in [7, 11) is 0. The highest BCUT2D eigenvalue weighted by Crippen LogP contribution is 2.36. The molecule has 1 rings (SSSR count). The van der Waals surface area contributed by atoms with E-state index in [-0.39, 0.29) is 0 Å². The van der Waals surface area contributed by atoms with Crippen LogP contribution in [0.15, 0.2) is 28.6 Å². The van der Waals surface area contributed by atoms with Gasteiger partial charge in [0.2, 0.25) is 0 Å². The van der Waals surface area contributed by atoms with Crippen molar-refractivity contribution in [3.05, 3.63) is 28.3 Å². The molecule has 0 aromatic heterocycles. The van der Waals surface area contributed by atoms with Crippen molar-refractivity contribution in [3.8, 4) is 0 Å². The SMILES string of the molecule is C=C1CCC(N=O)=C1C(C)CC. The molecule has 1 unspecified atom stereocenters. The maximum absolute atomic E-state index is 10.4. The molecule has 0 saturated carbocycles. The molecule has 0 aromatic carbocycles. The first-order valence-electron chi connectivity index (χ1n) is 4.45. The van der Waals surface area contributed by atoms with Crippen molar-refractivity contribution < 1.29 is 0 Å². The van der Waals surface area contributed by atoms with Gasteiger partial charge in [0, 0.05) is 0 Å². The van der Waals surface area contributed by atoms with Crippen molar-refractivity contribution in [1.29, 1.82) is 0 Å². The predicted molar refractivity (Wildman–Crippen MR) is 50.7 cm³/mol. The minimum Gasteiger partial charge on any atom is -0.145 e. The molecule has 2 nitrogen and oxygen atoms in total. The summed E-state index contributed by atoms with van der Waals surface area (Å²) in [6.45, 7) is 8.18. The summed E-state index contributed by atoms with van der Waals surface area (Å²) in [5, 5.41) is 3.06. The number of allylic oxidation sites excluding steroid dienone is 3. The maximum atomic E-state index is 10.4. The van der Waals surface area contributed by atoms with Gasteiger partial charge >= 0.3 is 0 Å². The Morgan fingerprint density at radius 2 is 2.25 bits per heavy atom. The van der Waals surface area contributed by atoms with Gasteiger partial charge in [-0.15, -0.1) is 4.91 Å². The maximum Gasteiger partial charge on any atom is 0.0889 e. The first-order chi connectivity index (χ1) is 5.70. The van der Waals surface area contributed by atoms with Crippen molar-refractivity contribution in [3.63, 3.8) is 0 Å². The number of hydrogen-bond donors (Lipinski definition) is 0. The van der Waals surface area contributed by atoms with Crippen LogP contribution in [0.3, 0.4) is 0 Å². The third kappa shape index (κ3) is 1.47. The quantitative estimate of drug-likeness (QED) is 0.589. The van der Waals surface area contributed by atoms with E-state index in [1.54, 1.807) is 0 Å². The van der Waals surface area contributed by atoms with E-state index >= 15 is 0 Å². The van der Waals surface area contributed by atoms with E-state index in [1.807, 2.05) is 0 Å². The van der Waals surface area contributed by atoms with Crippen molar-refractivity contribution in [2.45, 2.75) is 33.1 Å². The summed E-state index contributed by atoms with van der Waals surface area (Å²) in [4.78, 5) is 10.4. The van der Waals surface area contributed by atoms with E-state index in [0.29, 0.717) is 5.92 Å². The van der Waals surface area contributed by atoms with Gasteiger partial charge in [0.1, 0.15) is 0 Å². The zero-order chi connectivity index (χ0) is 9.14. The fraction of sp³-hybridized carbons (Fsp3) is 0.600. The third-order valence-corrected chi connectivity index (χ3v) is 2.57. The molecule has 0 bridgehead atoms. The lowest BCUT2D eigenvalue weighted by atomic mass is 9.94. The zero-order valence-corrected chi connectivity index (χ0v) is 7.76. The van der Waals surface area contributed by atoms with Crippen molar-refractivity contribution in [2.24, 2.45) is 11.1 Å². The Hall–Kier alpha value is -0.920. The standard InChI is InChI=1S/C10H15NO/c1-4-7(2)10-8(3)5-6-9(10)11-12/h7H,3-6H2,1-2H3. The van der Waals surface area contributed by atoms with Crippen molar-refractivity contribution in [1.82, 2.24) is 0 Å². The Morgan fingerprint density at radius 3 is 2.75 bits per heavy atom. The number of nitrogens with zero attached hydrogens (tertiary/aromatic N) is 1. The van der Waals surface area contributed by atoms with Gasteiger partial charge in [-0.3, -0.25) is 0 Å². The van der Waals surface area contributed by atoms with Crippen LogP contribution >= 0.6 is 0 Å². The van der Waals surface area contributed by atoms with E-state index in [4.69, 9.17) is 0 Å². The first kappa shape index (κ1) is 9.17. The third-order valence-electron chi connectivity index (χ3n) is 2.57. The molecule has 0 radical (unpaired) electrons. The number of hydrogen-bond acceptors (Lipinski definition) is 2. The van der Waals surface area contributed by atoms with Crippen LogP contribution in [0.2, 0.25) is 0 Å². The van der Waals surface area contributed by atoms with Gasteiger partial charge in [-0.2, -0.15) is 0 Å². The topological polar surface area (TPSA) is 29.4 Å². The van der Waals surface area contributed by atoms with Crippen LogP contribution in [0.1, 0.15) is 33.1 Å². The van der Waals surface area contributed by atoms with Crippen LogP contribution in [0.4, 0.5) is 0 Å². The average Bonchev–Trinajstić information content (AvgIpc) is 2.45. The van der Waals surface area contributed by atoms with Gasteiger partial charge in [-0.1, -0.05) is 20.4 Å². The molecule has 2 heteroatoms. The van der Waals surface area contributed by atoms with Gasteiger partial charge in [0.25, 0.3) is 0 Å². The molecule has 0 N–H and O–H groups in total. The lowest BCUT2D eigenvalue weighted by Gasteiger charge is -2.11. The van der Waals surface area contributed by atoms with E-state index in [9.17, 15) is 4.91 Å². The second-order valence-corrected chi connectivity index (χ2v) is 3.36. The lowest BCUT2D eigenvalue weighted by Crippen LogP contribution is -1.98. The largest absolute Gasteiger partial charge is 0.145 e. The molecule has 1 aliphatic carbocycles. The van der Waals surface area contributed by atoms with Crippen LogP contribution in [-0.2, 0) is 0 Å². The van der Waals surface area contributed by atoms with Gasteiger partial charge in [-0.25, -0.2) is 0 Å². The first-order valence-corrected chi connectivity index (χ1v) is 4.45. The Morgan fingerprint density at radius 1 is 1.58 bits per heavy atom. The van der Waals surface area contributed by atoms with Crippen LogP contribution in [0.25, 0.3) is 0 Å². The summed E-state index contributed by atoms with van der Waals surface area (Å²) >= 11 is 0. The van der Waals surface area contributed by atoms with Crippen molar-refractivity contribution in [2.75, 3.05) is 0 Å². The fourth-order valence-electron chi connectivity index (χ4n) is 1.67. The molecule has 0 aromatic rings. The Balaban J connectivity index is 2.94. The Bertz CT molecular complexity index is 240. The van der Waals surface area contributed by atoms with Gasteiger partial charge < -0.3 is 0 Å². The van der Waals surface area contributed by atoms with Crippen LogP contribution in [-0.4, -0.2) is 0 Å². The minimum atomic E-state index is 0.438. The van der Waals surface area contributed by atoms with Gasteiger partial charge in [0.15, 0.2) is 0 Å². The summed E-state index contributed by atoms with van der Waals surface area (Å²) in [6, 6.07) is 0. The lowest BCUT2D eigenvalue weighted by molar-refractivity contribution is 0.660. The summed E-state index contributed by atoms with van der Waals surface area (Å²) < 4.78 is 0. The number of nitroso groups, excluding NO2 is 1. The minimum absolute atomic E-state index is 0.438. The van der Waals surface area contributed by atoms with E-state index in [2.05, 4.69) is 25.6 Å². The van der Waals surface area contributed by atoms with E-state index in [1.165, 1.54) is 0 Å². The normalized spacial score (nSPS) is 20.0. The molecule has 1 atom stereocenters. The summed E-state index contributed by atoms with van der Waals surface area (Å²) in [5.41, 5.74) is 2.96. The predicted octanol–water partition coefficient (Wildman–Crippen LogP) is 3.40. The molecule has 1 aliphatic rings. The molecule has 0 saturated heterocycles. The second-order valence-electron chi connectivity index (χ2n) is 3.36. The molecule has 12 heavy (non-hydrogen) atoms. The second kappa shape index (κ2) is 3.65. The van der Waals surface area contributed by atoms with Gasteiger partial charge in [0.05, 0.1) is 5.70 Å². The van der Waals surface area contributed by atoms with Crippen molar-refractivity contribution >= 4 is 0 Å². The molecule has 0 spiro atoms. The Kier molecular flexibility index (Phi) is 2.79. The van der Waals surface area contributed by atoms with E-state index in [0.717, 1.165) is 36.1 Å². The smallest absolute Gasteiger partial charge is 0.0889 e. The highest BCUT2D eigenvalue weighted by atomic mass is 16.3. The molecule has 0 amide bonds.